The second kappa shape index (κ2) is 10.7. The van der Waals surface area contributed by atoms with Crippen molar-refractivity contribution in [2.75, 3.05) is 33.8 Å². The number of esters is 1. The number of carbonyl (C=O) groups is 1. The number of halogens is 2. The zero-order valence-electron chi connectivity index (χ0n) is 16.7. The highest BCUT2D eigenvalue weighted by atomic mass is 127. The summed E-state index contributed by atoms with van der Waals surface area (Å²) in [5, 5.41) is 4.41. The van der Waals surface area contributed by atoms with Gasteiger partial charge in [0.1, 0.15) is 0 Å². The molecule has 5 nitrogen and oxygen atoms in total. The molecule has 0 spiro atoms. The van der Waals surface area contributed by atoms with Crippen molar-refractivity contribution in [3.8, 4) is 0 Å². The molecule has 2 aliphatic rings. The number of benzene rings is 1. The fourth-order valence-corrected chi connectivity index (χ4v) is 4.70. The number of aliphatic imine (C=N–C) groups is 1. The maximum absolute atomic E-state index is 11.7. The number of nitrogens with one attached hydrogen (secondary N) is 1. The highest BCUT2D eigenvalue weighted by Crippen LogP contribution is 2.41. The second-order valence-corrected chi connectivity index (χ2v) is 8.12. The van der Waals surface area contributed by atoms with Gasteiger partial charge in [0.15, 0.2) is 5.96 Å². The summed E-state index contributed by atoms with van der Waals surface area (Å²) in [5.74, 6) is 0.840. The minimum absolute atomic E-state index is 0. The van der Waals surface area contributed by atoms with Gasteiger partial charge in [0.2, 0.25) is 0 Å². The summed E-state index contributed by atoms with van der Waals surface area (Å²) >= 11 is 6.26. The van der Waals surface area contributed by atoms with Gasteiger partial charge in [-0.25, -0.2) is 0 Å². The summed E-state index contributed by atoms with van der Waals surface area (Å²) in [6.45, 7) is 2.50. The first-order valence-electron chi connectivity index (χ1n) is 9.87. The van der Waals surface area contributed by atoms with E-state index >= 15 is 0 Å². The molecule has 1 aliphatic heterocycles. The fourth-order valence-electron chi connectivity index (χ4n) is 4.51. The van der Waals surface area contributed by atoms with Crippen molar-refractivity contribution in [2.24, 2.45) is 10.9 Å². The lowest BCUT2D eigenvalue weighted by Crippen LogP contribution is -2.49. The van der Waals surface area contributed by atoms with Crippen LogP contribution in [0.15, 0.2) is 29.3 Å². The SMILES string of the molecule is CN=C(NCC1(c2cccc(Cl)c2)CCCC1)N1CCC(C(=O)OC)CC1.I. The summed E-state index contributed by atoms with van der Waals surface area (Å²) in [5.41, 5.74) is 1.44. The molecule has 1 aromatic rings. The van der Waals surface area contributed by atoms with E-state index < -0.39 is 0 Å². The first-order chi connectivity index (χ1) is 13.1. The Morgan fingerprint density at radius 3 is 2.57 bits per heavy atom. The van der Waals surface area contributed by atoms with Crippen LogP contribution in [0.1, 0.15) is 44.1 Å². The Labute approximate surface area is 190 Å². The van der Waals surface area contributed by atoms with Crippen LogP contribution in [0.25, 0.3) is 0 Å². The molecule has 0 unspecified atom stereocenters. The lowest BCUT2D eigenvalue weighted by Gasteiger charge is -2.36. The molecule has 1 aliphatic carbocycles. The number of guanidine groups is 1. The van der Waals surface area contributed by atoms with Crippen LogP contribution >= 0.6 is 35.6 Å². The van der Waals surface area contributed by atoms with Crippen molar-refractivity contribution in [1.29, 1.82) is 0 Å². The molecule has 1 saturated carbocycles. The van der Waals surface area contributed by atoms with Crippen LogP contribution in [-0.4, -0.2) is 50.6 Å². The van der Waals surface area contributed by atoms with Gasteiger partial charge in [0.25, 0.3) is 0 Å². The van der Waals surface area contributed by atoms with Gasteiger partial charge in [-0.05, 0) is 43.4 Å². The molecular weight excluding hydrogens is 489 g/mol. The van der Waals surface area contributed by atoms with Gasteiger partial charge >= 0.3 is 5.97 Å². The van der Waals surface area contributed by atoms with Crippen LogP contribution in [0, 0.1) is 5.92 Å². The van der Waals surface area contributed by atoms with E-state index in [9.17, 15) is 4.79 Å². The predicted molar refractivity (Wildman–Crippen MR) is 125 cm³/mol. The van der Waals surface area contributed by atoms with Crippen molar-refractivity contribution in [3.63, 3.8) is 0 Å². The van der Waals surface area contributed by atoms with Crippen LogP contribution in [0.2, 0.25) is 5.02 Å². The number of piperidine rings is 1. The van der Waals surface area contributed by atoms with Gasteiger partial charge in [0, 0.05) is 37.1 Å². The van der Waals surface area contributed by atoms with E-state index in [0.29, 0.717) is 0 Å². The quantitative estimate of drug-likeness (QED) is 0.280. The van der Waals surface area contributed by atoms with E-state index in [-0.39, 0.29) is 41.3 Å². The van der Waals surface area contributed by atoms with Gasteiger partial charge < -0.3 is 15.0 Å². The zero-order valence-corrected chi connectivity index (χ0v) is 19.8. The molecule has 1 heterocycles. The zero-order chi connectivity index (χ0) is 19.3. The molecule has 0 atom stereocenters. The lowest BCUT2D eigenvalue weighted by atomic mass is 9.79. The average Bonchev–Trinajstić information content (AvgIpc) is 3.18. The van der Waals surface area contributed by atoms with E-state index in [1.165, 1.54) is 38.4 Å². The number of methoxy groups -OCH3 is 1. The smallest absolute Gasteiger partial charge is 0.308 e. The Morgan fingerprint density at radius 1 is 1.32 bits per heavy atom. The molecular formula is C21H31ClIN3O2. The van der Waals surface area contributed by atoms with E-state index in [2.05, 4.69) is 27.3 Å². The number of likely N-dealkylation sites (tertiary alicyclic amines) is 1. The first-order valence-corrected chi connectivity index (χ1v) is 10.3. The third-order valence-electron chi connectivity index (χ3n) is 6.12. The lowest BCUT2D eigenvalue weighted by molar-refractivity contribution is -0.146. The molecule has 1 saturated heterocycles. The first kappa shape index (κ1) is 23.3. The maximum atomic E-state index is 11.7. The molecule has 0 amide bonds. The third-order valence-corrected chi connectivity index (χ3v) is 6.36. The third kappa shape index (κ3) is 5.32. The molecule has 0 aromatic heterocycles. The predicted octanol–water partition coefficient (Wildman–Crippen LogP) is 4.23. The van der Waals surface area contributed by atoms with Gasteiger partial charge in [-0.3, -0.25) is 9.79 Å². The van der Waals surface area contributed by atoms with Crippen LogP contribution in [0.4, 0.5) is 0 Å². The van der Waals surface area contributed by atoms with Crippen LogP contribution < -0.4 is 5.32 Å². The summed E-state index contributed by atoms with van der Waals surface area (Å²) in [6.07, 6.45) is 6.46. The van der Waals surface area contributed by atoms with Crippen molar-refractivity contribution >= 4 is 47.5 Å². The minimum atomic E-state index is -0.0940. The Balaban J connectivity index is 0.00000280. The Morgan fingerprint density at radius 2 is 2.00 bits per heavy atom. The van der Waals surface area contributed by atoms with Gasteiger partial charge in [0.05, 0.1) is 13.0 Å². The van der Waals surface area contributed by atoms with Crippen molar-refractivity contribution in [1.82, 2.24) is 10.2 Å². The topological polar surface area (TPSA) is 53.9 Å². The highest BCUT2D eigenvalue weighted by Gasteiger charge is 2.36. The fraction of sp³-hybridized carbons (Fsp3) is 0.619. The molecule has 7 heteroatoms. The summed E-state index contributed by atoms with van der Waals surface area (Å²) in [6, 6.07) is 8.29. The molecule has 2 fully saturated rings. The highest BCUT2D eigenvalue weighted by molar-refractivity contribution is 14.0. The summed E-state index contributed by atoms with van der Waals surface area (Å²) in [4.78, 5) is 18.5. The minimum Gasteiger partial charge on any atom is -0.469 e. The number of carbonyl (C=O) groups excluding carboxylic acids is 1. The van der Waals surface area contributed by atoms with Crippen LogP contribution in [0.3, 0.4) is 0 Å². The van der Waals surface area contributed by atoms with E-state index in [4.69, 9.17) is 16.3 Å². The van der Waals surface area contributed by atoms with Crippen LogP contribution in [-0.2, 0) is 14.9 Å². The molecule has 3 rings (SSSR count). The normalized spacial score (nSPS) is 19.8. The number of ether oxygens (including phenoxy) is 1. The number of nitrogens with zero attached hydrogens (tertiary/aromatic N) is 2. The van der Waals surface area contributed by atoms with Gasteiger partial charge in [-0.15, -0.1) is 24.0 Å². The monoisotopic (exact) mass is 519 g/mol. The van der Waals surface area contributed by atoms with E-state index in [1.54, 1.807) is 0 Å². The molecule has 0 bridgehead atoms. The van der Waals surface area contributed by atoms with E-state index in [1.807, 2.05) is 19.2 Å². The van der Waals surface area contributed by atoms with Crippen molar-refractivity contribution in [2.45, 2.75) is 43.9 Å². The Kier molecular flexibility index (Phi) is 8.86. The number of hydrogen-bond acceptors (Lipinski definition) is 3. The largest absolute Gasteiger partial charge is 0.469 e. The summed E-state index contributed by atoms with van der Waals surface area (Å²) in [7, 11) is 3.29. The van der Waals surface area contributed by atoms with Gasteiger partial charge in [-0.1, -0.05) is 36.6 Å². The molecule has 28 heavy (non-hydrogen) atoms. The number of rotatable bonds is 4. The van der Waals surface area contributed by atoms with Crippen LogP contribution in [0.5, 0.6) is 0 Å². The average molecular weight is 520 g/mol. The van der Waals surface area contributed by atoms with Crippen molar-refractivity contribution < 1.29 is 9.53 Å². The maximum Gasteiger partial charge on any atom is 0.308 e. The number of hydrogen-bond donors (Lipinski definition) is 1. The van der Waals surface area contributed by atoms with Gasteiger partial charge in [-0.2, -0.15) is 0 Å². The van der Waals surface area contributed by atoms with E-state index in [0.717, 1.165) is 43.5 Å². The standard InChI is InChI=1S/C21H30ClN3O2.HI/c1-23-20(25-12-8-16(9-13-25)19(26)27-2)24-15-21(10-3-4-11-21)17-6-5-7-18(22)14-17;/h5-7,14,16H,3-4,8-13,15H2,1-2H3,(H,23,24);1H. The molecule has 1 N–H and O–H groups in total. The molecule has 1 aromatic carbocycles. The summed E-state index contributed by atoms with van der Waals surface area (Å²) < 4.78 is 4.88. The molecule has 0 radical (unpaired) electrons. The molecule has 156 valence electrons. The van der Waals surface area contributed by atoms with Crippen molar-refractivity contribution in [3.05, 3.63) is 34.9 Å². The Bertz CT molecular complexity index is 684. The second-order valence-electron chi connectivity index (χ2n) is 7.68. The Hall–Kier alpha value is -1.02.